The van der Waals surface area contributed by atoms with Crippen LogP contribution in [0.15, 0.2) is 109 Å². The van der Waals surface area contributed by atoms with E-state index in [1.54, 1.807) is 73.0 Å². The van der Waals surface area contributed by atoms with Gasteiger partial charge >= 0.3 is 5.97 Å². The van der Waals surface area contributed by atoms with Gasteiger partial charge < -0.3 is 5.11 Å². The number of para-hydroxylation sites is 2. The molecule has 11 nitrogen and oxygen atoms in total. The molecule has 0 saturated carbocycles. The van der Waals surface area contributed by atoms with E-state index in [9.17, 15) is 14.7 Å². The Hall–Kier alpha value is -6.01. The van der Waals surface area contributed by atoms with Crippen LogP contribution in [0.25, 0.3) is 44.6 Å². The molecular formula is C31H20N8O3S. The zero-order chi connectivity index (χ0) is 29.6. The Kier molecular flexibility index (Phi) is 7.74. The maximum absolute atomic E-state index is 12.6. The topological polar surface area (TPSA) is 157 Å². The molecule has 7 aromatic rings. The third-order valence-electron chi connectivity index (χ3n) is 6.19. The number of benzene rings is 2. The van der Waals surface area contributed by atoms with Gasteiger partial charge in [0, 0.05) is 70.7 Å². The van der Waals surface area contributed by atoms with Gasteiger partial charge in [-0.2, -0.15) is 0 Å². The third kappa shape index (κ3) is 6.04. The Morgan fingerprint density at radius 3 is 1.74 bits per heavy atom. The maximum Gasteiger partial charge on any atom is 0.337 e. The zero-order valence-electron chi connectivity index (χ0n) is 22.2. The molecule has 0 saturated heterocycles. The number of anilines is 1. The van der Waals surface area contributed by atoms with Gasteiger partial charge in [-0.05, 0) is 36.4 Å². The normalized spacial score (nSPS) is 10.6. The lowest BCUT2D eigenvalue weighted by Crippen LogP contribution is -2.12. The lowest BCUT2D eigenvalue weighted by atomic mass is 10.1. The van der Waals surface area contributed by atoms with Gasteiger partial charge in [-0.3, -0.25) is 20.1 Å². The number of thiazole rings is 1. The number of rotatable bonds is 5. The summed E-state index contributed by atoms with van der Waals surface area (Å²) < 4.78 is 0. The van der Waals surface area contributed by atoms with Crippen LogP contribution >= 0.6 is 11.3 Å². The first kappa shape index (κ1) is 27.2. The van der Waals surface area contributed by atoms with E-state index in [2.05, 4.69) is 40.2 Å². The number of hydrogen-bond donors (Lipinski definition) is 2. The van der Waals surface area contributed by atoms with Crippen molar-refractivity contribution in [2.24, 2.45) is 0 Å². The second kappa shape index (κ2) is 12.2. The summed E-state index contributed by atoms with van der Waals surface area (Å²) >= 11 is 1.37. The van der Waals surface area contributed by atoms with Crippen molar-refractivity contribution in [3.05, 3.63) is 121 Å². The summed E-state index contributed by atoms with van der Waals surface area (Å²) in [5, 5.41) is 15.8. The second-order valence-electron chi connectivity index (χ2n) is 8.95. The smallest absolute Gasteiger partial charge is 0.337 e. The number of carboxylic acid groups (broad SMARTS) is 1. The summed E-state index contributed by atoms with van der Waals surface area (Å²) in [6.07, 6.45) is 11.7. The fourth-order valence-corrected chi connectivity index (χ4v) is 4.71. The van der Waals surface area contributed by atoms with Crippen LogP contribution < -0.4 is 5.32 Å². The van der Waals surface area contributed by atoms with E-state index in [1.807, 2.05) is 30.3 Å². The Morgan fingerprint density at radius 1 is 0.651 bits per heavy atom. The number of fused-ring (bicyclic) bond motifs is 2. The highest BCUT2D eigenvalue weighted by atomic mass is 32.1. The van der Waals surface area contributed by atoms with E-state index in [0.29, 0.717) is 38.8 Å². The number of carbonyl (C=O) groups excluding carboxylic acids is 1. The molecule has 2 N–H and O–H groups in total. The van der Waals surface area contributed by atoms with Gasteiger partial charge in [-0.25, -0.2) is 29.7 Å². The van der Waals surface area contributed by atoms with Crippen LogP contribution in [0.1, 0.15) is 20.7 Å². The summed E-state index contributed by atoms with van der Waals surface area (Å²) in [6, 6.07) is 17.7. The van der Waals surface area contributed by atoms with Gasteiger partial charge in [0.15, 0.2) is 16.8 Å². The quantitative estimate of drug-likeness (QED) is 0.254. The molecule has 5 aromatic heterocycles. The highest BCUT2D eigenvalue weighted by molar-refractivity contribution is 7.13. The monoisotopic (exact) mass is 584 g/mol. The van der Waals surface area contributed by atoms with Crippen molar-refractivity contribution in [3.8, 4) is 22.8 Å². The van der Waals surface area contributed by atoms with Gasteiger partial charge in [0.05, 0.1) is 22.2 Å². The number of carboxylic acids is 1. The van der Waals surface area contributed by atoms with Crippen molar-refractivity contribution < 1.29 is 14.7 Å². The molecule has 0 aliphatic rings. The molecule has 0 bridgehead atoms. The average molecular weight is 585 g/mol. The van der Waals surface area contributed by atoms with Crippen LogP contribution in [0.4, 0.5) is 5.13 Å². The lowest BCUT2D eigenvalue weighted by molar-refractivity contribution is 0.0698. The van der Waals surface area contributed by atoms with Crippen LogP contribution in [-0.4, -0.2) is 51.9 Å². The van der Waals surface area contributed by atoms with Crippen LogP contribution in [0.3, 0.4) is 0 Å². The minimum atomic E-state index is -0.999. The molecule has 208 valence electrons. The van der Waals surface area contributed by atoms with Crippen molar-refractivity contribution in [2.45, 2.75) is 0 Å². The number of aromatic carboxylic acids is 1. The SMILES string of the molecule is O=C(Nc1nccs1)c1cccc2cnc(-c3cccnc3)nc12.O=C(O)c1cccc2cnc(-c3cccnc3)nc12. The van der Waals surface area contributed by atoms with E-state index < -0.39 is 5.97 Å². The first-order valence-corrected chi connectivity index (χ1v) is 13.7. The highest BCUT2D eigenvalue weighted by Gasteiger charge is 2.14. The molecule has 0 unspecified atom stereocenters. The number of aromatic nitrogens is 7. The molecule has 0 atom stereocenters. The Morgan fingerprint density at radius 2 is 1.23 bits per heavy atom. The molecule has 5 heterocycles. The Balaban J connectivity index is 0.000000157. The third-order valence-corrected chi connectivity index (χ3v) is 6.88. The number of nitrogens with one attached hydrogen (secondary N) is 1. The number of hydrogen-bond acceptors (Lipinski definition) is 10. The van der Waals surface area contributed by atoms with Crippen molar-refractivity contribution in [2.75, 3.05) is 5.32 Å². The molecule has 7 rings (SSSR count). The van der Waals surface area contributed by atoms with E-state index in [-0.39, 0.29) is 11.5 Å². The van der Waals surface area contributed by atoms with Crippen molar-refractivity contribution in [3.63, 3.8) is 0 Å². The summed E-state index contributed by atoms with van der Waals surface area (Å²) in [7, 11) is 0. The summed E-state index contributed by atoms with van der Waals surface area (Å²) in [4.78, 5) is 53.4. The standard InChI is InChI=1S/C17H11N5OS.C14H9N3O2/c23-16(22-17-19-7-8-24-17)13-5-1-3-11-10-20-15(21-14(11)13)12-4-2-6-18-9-12;18-14(19)11-5-1-3-9-8-16-13(17-12(9)11)10-4-2-6-15-7-10/h1-10H,(H,19,22,23);1-8H,(H,18,19). The lowest BCUT2D eigenvalue weighted by Gasteiger charge is -2.07. The van der Waals surface area contributed by atoms with Crippen LogP contribution in [0.5, 0.6) is 0 Å². The van der Waals surface area contributed by atoms with Gasteiger partial charge in [0.25, 0.3) is 5.91 Å². The van der Waals surface area contributed by atoms with Gasteiger partial charge in [0.2, 0.25) is 0 Å². The molecular weight excluding hydrogens is 564 g/mol. The van der Waals surface area contributed by atoms with E-state index in [4.69, 9.17) is 0 Å². The van der Waals surface area contributed by atoms with E-state index in [0.717, 1.165) is 16.5 Å². The van der Waals surface area contributed by atoms with Crippen LogP contribution in [0, 0.1) is 0 Å². The largest absolute Gasteiger partial charge is 0.478 e. The fourth-order valence-electron chi connectivity index (χ4n) is 4.19. The highest BCUT2D eigenvalue weighted by Crippen LogP contribution is 2.23. The first-order chi connectivity index (χ1) is 21.1. The molecule has 2 aromatic carbocycles. The molecule has 0 aliphatic heterocycles. The van der Waals surface area contributed by atoms with Gasteiger partial charge in [-0.1, -0.05) is 24.3 Å². The Bertz CT molecular complexity index is 2060. The molecule has 12 heteroatoms. The van der Waals surface area contributed by atoms with Gasteiger partial charge in [-0.15, -0.1) is 11.3 Å². The number of amides is 1. The minimum absolute atomic E-state index is 0.171. The minimum Gasteiger partial charge on any atom is -0.478 e. The summed E-state index contributed by atoms with van der Waals surface area (Å²) in [6.45, 7) is 0. The zero-order valence-corrected chi connectivity index (χ0v) is 23.0. The van der Waals surface area contributed by atoms with Gasteiger partial charge in [0.1, 0.15) is 0 Å². The van der Waals surface area contributed by atoms with Crippen molar-refractivity contribution >= 4 is 50.2 Å². The summed E-state index contributed by atoms with van der Waals surface area (Å²) in [5.74, 6) is -0.243. The summed E-state index contributed by atoms with van der Waals surface area (Å²) in [5.41, 5.74) is 3.24. The predicted octanol–water partition coefficient (Wildman–Crippen LogP) is 5.79. The van der Waals surface area contributed by atoms with Crippen LogP contribution in [-0.2, 0) is 0 Å². The number of nitrogens with zero attached hydrogens (tertiary/aromatic N) is 7. The average Bonchev–Trinajstić information content (AvgIpc) is 3.58. The maximum atomic E-state index is 12.6. The number of carbonyl (C=O) groups is 2. The van der Waals surface area contributed by atoms with Crippen LogP contribution in [0.2, 0.25) is 0 Å². The van der Waals surface area contributed by atoms with Crippen molar-refractivity contribution in [1.82, 2.24) is 34.9 Å². The fraction of sp³-hybridized carbons (Fsp3) is 0. The molecule has 43 heavy (non-hydrogen) atoms. The molecule has 0 fully saturated rings. The predicted molar refractivity (Wildman–Crippen MR) is 163 cm³/mol. The molecule has 1 amide bonds. The molecule has 0 aliphatic carbocycles. The second-order valence-corrected chi connectivity index (χ2v) is 9.85. The van der Waals surface area contributed by atoms with E-state index >= 15 is 0 Å². The van der Waals surface area contributed by atoms with Crippen molar-refractivity contribution in [1.29, 1.82) is 0 Å². The molecule has 0 spiro atoms. The number of pyridine rings is 2. The molecule has 0 radical (unpaired) electrons. The van der Waals surface area contributed by atoms with E-state index in [1.165, 1.54) is 17.4 Å². The first-order valence-electron chi connectivity index (χ1n) is 12.8. The Labute approximate surface area is 248 Å².